The summed E-state index contributed by atoms with van der Waals surface area (Å²) < 4.78 is 1.55. The summed E-state index contributed by atoms with van der Waals surface area (Å²) in [6.45, 7) is 1.50. The van der Waals surface area contributed by atoms with Crippen molar-refractivity contribution in [1.82, 2.24) is 9.78 Å². The zero-order valence-corrected chi connectivity index (χ0v) is 10.2. The van der Waals surface area contributed by atoms with Crippen molar-refractivity contribution in [3.8, 4) is 0 Å². The number of aryl methyl sites for hydroxylation is 1. The maximum atomic E-state index is 11.9. The number of nitrogens with zero attached hydrogens (tertiary/aromatic N) is 2. The van der Waals surface area contributed by atoms with Crippen molar-refractivity contribution >= 4 is 17.0 Å². The lowest BCUT2D eigenvalue weighted by Gasteiger charge is -2.17. The lowest BCUT2D eigenvalue weighted by molar-refractivity contribution is 0.609. The predicted molar refractivity (Wildman–Crippen MR) is 68.7 cm³/mol. The Morgan fingerprint density at radius 3 is 3.29 bits per heavy atom. The second-order valence-corrected chi connectivity index (χ2v) is 4.94. The molecule has 1 aliphatic heterocycles. The molecule has 3 heterocycles. The van der Waals surface area contributed by atoms with Gasteiger partial charge >= 0.3 is 0 Å². The molecular formula is C12H13N3OS. The Morgan fingerprint density at radius 2 is 2.47 bits per heavy atom. The fourth-order valence-electron chi connectivity index (χ4n) is 2.02. The first-order valence-electron chi connectivity index (χ1n) is 5.69. The van der Waals surface area contributed by atoms with Gasteiger partial charge in [-0.05, 0) is 35.2 Å². The number of hydrogen-bond donors (Lipinski definition) is 1. The van der Waals surface area contributed by atoms with Gasteiger partial charge in [0.2, 0.25) is 0 Å². The number of hydrogen-bond acceptors (Lipinski definition) is 4. The van der Waals surface area contributed by atoms with Crippen molar-refractivity contribution in [3.63, 3.8) is 0 Å². The Labute approximate surface area is 103 Å². The van der Waals surface area contributed by atoms with Gasteiger partial charge in [0, 0.05) is 12.6 Å². The van der Waals surface area contributed by atoms with E-state index < -0.39 is 0 Å². The van der Waals surface area contributed by atoms with Crippen LogP contribution < -0.4 is 10.9 Å². The minimum atomic E-state index is -0.0376. The Kier molecular flexibility index (Phi) is 2.68. The maximum absolute atomic E-state index is 11.9. The van der Waals surface area contributed by atoms with Crippen molar-refractivity contribution < 1.29 is 0 Å². The normalized spacial score (nSPS) is 14.1. The fourth-order valence-corrected chi connectivity index (χ4v) is 2.68. The first-order chi connectivity index (χ1) is 8.33. The smallest absolute Gasteiger partial charge is 0.269 e. The highest BCUT2D eigenvalue weighted by Gasteiger charge is 2.12. The third-order valence-electron chi connectivity index (χ3n) is 2.89. The van der Waals surface area contributed by atoms with Crippen LogP contribution in [0.15, 0.2) is 27.7 Å². The summed E-state index contributed by atoms with van der Waals surface area (Å²) >= 11 is 1.64. The van der Waals surface area contributed by atoms with E-state index in [9.17, 15) is 4.79 Å². The molecule has 0 fully saturated rings. The van der Waals surface area contributed by atoms with E-state index in [4.69, 9.17) is 0 Å². The number of aromatic nitrogens is 2. The predicted octanol–water partition coefficient (Wildman–Crippen LogP) is 1.71. The first kappa shape index (κ1) is 10.5. The van der Waals surface area contributed by atoms with E-state index in [1.54, 1.807) is 22.1 Å². The van der Waals surface area contributed by atoms with Crippen molar-refractivity contribution in [2.24, 2.45) is 0 Å². The molecule has 0 spiro atoms. The third kappa shape index (κ3) is 2.10. The van der Waals surface area contributed by atoms with Gasteiger partial charge in [0.1, 0.15) is 0 Å². The zero-order valence-electron chi connectivity index (χ0n) is 9.35. The lowest BCUT2D eigenvalue weighted by atomic mass is 10.1. The van der Waals surface area contributed by atoms with Crippen molar-refractivity contribution in [2.45, 2.75) is 19.4 Å². The van der Waals surface area contributed by atoms with E-state index in [1.807, 2.05) is 16.8 Å². The quantitative estimate of drug-likeness (QED) is 0.879. The van der Waals surface area contributed by atoms with E-state index in [0.717, 1.165) is 36.3 Å². The zero-order chi connectivity index (χ0) is 11.7. The van der Waals surface area contributed by atoms with Gasteiger partial charge in [-0.25, -0.2) is 4.68 Å². The number of thiophene rings is 1. The van der Waals surface area contributed by atoms with Crippen LogP contribution in [-0.4, -0.2) is 16.3 Å². The Bertz CT molecular complexity index is 574. The highest BCUT2D eigenvalue weighted by Crippen LogP contribution is 2.17. The van der Waals surface area contributed by atoms with Crippen LogP contribution in [0.2, 0.25) is 0 Å². The summed E-state index contributed by atoms with van der Waals surface area (Å²) in [6, 6.07) is 3.68. The minimum absolute atomic E-state index is 0.0376. The SMILES string of the molecule is O=c1cc2c(nn1Cc1ccsc1)CCCN2. The van der Waals surface area contributed by atoms with Gasteiger partial charge in [0.15, 0.2) is 0 Å². The van der Waals surface area contributed by atoms with E-state index in [-0.39, 0.29) is 5.56 Å². The molecule has 17 heavy (non-hydrogen) atoms. The number of nitrogens with one attached hydrogen (secondary N) is 1. The molecule has 0 amide bonds. The van der Waals surface area contributed by atoms with Gasteiger partial charge < -0.3 is 5.32 Å². The van der Waals surface area contributed by atoms with Crippen LogP contribution in [0.4, 0.5) is 5.69 Å². The molecule has 0 saturated heterocycles. The molecule has 3 rings (SSSR count). The second-order valence-electron chi connectivity index (χ2n) is 4.16. The monoisotopic (exact) mass is 247 g/mol. The van der Waals surface area contributed by atoms with Gasteiger partial charge in [-0.15, -0.1) is 0 Å². The summed E-state index contributed by atoms with van der Waals surface area (Å²) in [5, 5.41) is 11.7. The van der Waals surface area contributed by atoms with Crippen molar-refractivity contribution in [1.29, 1.82) is 0 Å². The number of fused-ring (bicyclic) bond motifs is 1. The first-order valence-corrected chi connectivity index (χ1v) is 6.63. The summed E-state index contributed by atoms with van der Waals surface area (Å²) in [7, 11) is 0. The van der Waals surface area contributed by atoms with E-state index >= 15 is 0 Å². The van der Waals surface area contributed by atoms with Gasteiger partial charge in [-0.2, -0.15) is 16.4 Å². The van der Waals surface area contributed by atoms with Crippen LogP contribution >= 0.6 is 11.3 Å². The number of rotatable bonds is 2. The average molecular weight is 247 g/mol. The van der Waals surface area contributed by atoms with E-state index in [2.05, 4.69) is 10.4 Å². The summed E-state index contributed by atoms with van der Waals surface area (Å²) in [5.74, 6) is 0. The van der Waals surface area contributed by atoms with Crippen LogP contribution in [0.1, 0.15) is 17.7 Å². The molecule has 0 unspecified atom stereocenters. The third-order valence-corrected chi connectivity index (χ3v) is 3.62. The molecule has 1 N–H and O–H groups in total. The van der Waals surface area contributed by atoms with Gasteiger partial charge in [0.25, 0.3) is 5.56 Å². The standard InChI is InChI=1S/C12H13N3OS/c16-12-6-11-10(2-1-4-13-11)14-15(12)7-9-3-5-17-8-9/h3,5-6,8,13H,1-2,4,7H2. The molecule has 0 radical (unpaired) electrons. The lowest BCUT2D eigenvalue weighted by Crippen LogP contribution is -2.27. The Morgan fingerprint density at radius 1 is 1.53 bits per heavy atom. The van der Waals surface area contributed by atoms with Crippen LogP contribution in [0, 0.1) is 0 Å². The Balaban J connectivity index is 1.97. The molecule has 0 aromatic carbocycles. The topological polar surface area (TPSA) is 46.9 Å². The van der Waals surface area contributed by atoms with Gasteiger partial charge in [0.05, 0.1) is 17.9 Å². The maximum Gasteiger partial charge on any atom is 0.269 e. The van der Waals surface area contributed by atoms with Crippen molar-refractivity contribution in [3.05, 3.63) is 44.5 Å². The highest BCUT2D eigenvalue weighted by molar-refractivity contribution is 7.07. The van der Waals surface area contributed by atoms with Crippen LogP contribution in [0.25, 0.3) is 0 Å². The highest BCUT2D eigenvalue weighted by atomic mass is 32.1. The van der Waals surface area contributed by atoms with Crippen LogP contribution in [0.3, 0.4) is 0 Å². The largest absolute Gasteiger partial charge is 0.383 e. The molecule has 1 aliphatic rings. The molecule has 0 aliphatic carbocycles. The van der Waals surface area contributed by atoms with E-state index in [0.29, 0.717) is 6.54 Å². The van der Waals surface area contributed by atoms with E-state index in [1.165, 1.54) is 0 Å². The average Bonchev–Trinajstić information content (AvgIpc) is 2.83. The second kappa shape index (κ2) is 4.33. The van der Waals surface area contributed by atoms with Crippen LogP contribution in [-0.2, 0) is 13.0 Å². The molecule has 2 aromatic heterocycles. The van der Waals surface area contributed by atoms with Crippen molar-refractivity contribution in [2.75, 3.05) is 11.9 Å². The molecule has 0 bridgehead atoms. The summed E-state index contributed by atoms with van der Waals surface area (Å²) in [6.07, 6.45) is 2.03. The molecule has 0 saturated carbocycles. The number of anilines is 1. The molecule has 5 heteroatoms. The van der Waals surface area contributed by atoms with Crippen LogP contribution in [0.5, 0.6) is 0 Å². The Hall–Kier alpha value is -1.62. The molecule has 4 nitrogen and oxygen atoms in total. The summed E-state index contributed by atoms with van der Waals surface area (Å²) in [5.41, 5.74) is 3.01. The molecule has 88 valence electrons. The fraction of sp³-hybridized carbons (Fsp3) is 0.333. The van der Waals surface area contributed by atoms with Gasteiger partial charge in [-0.3, -0.25) is 4.79 Å². The molecule has 0 atom stereocenters. The minimum Gasteiger partial charge on any atom is -0.383 e. The molecule has 2 aromatic rings. The molecular weight excluding hydrogens is 234 g/mol. The van der Waals surface area contributed by atoms with Gasteiger partial charge in [-0.1, -0.05) is 0 Å². The summed E-state index contributed by atoms with van der Waals surface area (Å²) in [4.78, 5) is 11.9.